The van der Waals surface area contributed by atoms with Gasteiger partial charge in [0.15, 0.2) is 11.0 Å². The van der Waals surface area contributed by atoms with E-state index >= 15 is 0 Å². The largest absolute Gasteiger partial charge is 0.497 e. The van der Waals surface area contributed by atoms with Crippen LogP contribution in [0.25, 0.3) is 22.5 Å². The van der Waals surface area contributed by atoms with Crippen molar-refractivity contribution in [3.05, 3.63) is 91.5 Å². The highest BCUT2D eigenvalue weighted by Crippen LogP contribution is 2.29. The molecule has 33 heavy (non-hydrogen) atoms. The molecule has 0 saturated heterocycles. The molecule has 0 fully saturated rings. The van der Waals surface area contributed by atoms with E-state index < -0.39 is 0 Å². The Hall–Kier alpha value is -3.84. The lowest BCUT2D eigenvalue weighted by atomic mass is 10.0. The third-order valence-corrected chi connectivity index (χ3v) is 5.94. The monoisotopic (exact) mass is 456 g/mol. The normalized spacial score (nSPS) is 10.6. The third-order valence-electron chi connectivity index (χ3n) is 4.97. The van der Waals surface area contributed by atoms with Gasteiger partial charge in [-0.25, -0.2) is 0 Å². The fourth-order valence-corrected chi connectivity index (χ4v) is 4.19. The van der Waals surface area contributed by atoms with Gasteiger partial charge in [0.25, 0.3) is 0 Å². The van der Waals surface area contributed by atoms with Crippen LogP contribution in [0.5, 0.6) is 5.75 Å². The molecule has 3 aromatic carbocycles. The Labute approximate surface area is 197 Å². The van der Waals surface area contributed by atoms with E-state index in [0.717, 1.165) is 28.1 Å². The van der Waals surface area contributed by atoms with Gasteiger partial charge in [-0.3, -0.25) is 9.36 Å². The highest BCUT2D eigenvalue weighted by Gasteiger charge is 2.16. The maximum Gasteiger partial charge on any atom is 0.234 e. The van der Waals surface area contributed by atoms with Gasteiger partial charge in [-0.05, 0) is 23.8 Å². The van der Waals surface area contributed by atoms with Crippen LogP contribution in [-0.2, 0) is 11.3 Å². The van der Waals surface area contributed by atoms with E-state index in [0.29, 0.717) is 17.5 Å². The van der Waals surface area contributed by atoms with Crippen molar-refractivity contribution in [2.24, 2.45) is 0 Å². The van der Waals surface area contributed by atoms with Crippen LogP contribution in [-0.4, -0.2) is 33.5 Å². The highest BCUT2D eigenvalue weighted by molar-refractivity contribution is 7.99. The number of para-hydroxylation sites is 1. The summed E-state index contributed by atoms with van der Waals surface area (Å²) < 4.78 is 7.27. The average molecular weight is 457 g/mol. The van der Waals surface area contributed by atoms with Gasteiger partial charge < -0.3 is 10.1 Å². The van der Waals surface area contributed by atoms with E-state index in [2.05, 4.69) is 22.1 Å². The second kappa shape index (κ2) is 10.7. The predicted octanol–water partition coefficient (Wildman–Crippen LogP) is 5.54. The van der Waals surface area contributed by atoms with Gasteiger partial charge in [0.05, 0.1) is 12.9 Å². The third kappa shape index (κ3) is 5.32. The van der Waals surface area contributed by atoms with Crippen molar-refractivity contribution in [2.45, 2.75) is 11.7 Å². The molecule has 1 aromatic heterocycles. The second-order valence-electron chi connectivity index (χ2n) is 7.19. The van der Waals surface area contributed by atoms with Crippen molar-refractivity contribution in [3.8, 4) is 28.3 Å². The molecule has 0 bridgehead atoms. The van der Waals surface area contributed by atoms with Gasteiger partial charge in [-0.2, -0.15) is 0 Å². The fraction of sp³-hybridized carbons (Fsp3) is 0.115. The van der Waals surface area contributed by atoms with Crippen LogP contribution >= 0.6 is 11.8 Å². The summed E-state index contributed by atoms with van der Waals surface area (Å²) in [5.74, 6) is 1.54. The number of hydrogen-bond donors (Lipinski definition) is 1. The number of benzene rings is 3. The molecule has 1 amide bonds. The Morgan fingerprint density at radius 3 is 2.58 bits per heavy atom. The van der Waals surface area contributed by atoms with Gasteiger partial charge in [-0.1, -0.05) is 78.5 Å². The standard InChI is InChI=1S/C26H24N4O2S/c1-3-16-30-25(20-12-9-13-21(17-20)32-2)28-29-26(30)33-18-24(31)27-23-15-8-7-14-22(23)19-10-5-4-6-11-19/h3-15,17H,1,16,18H2,2H3,(H,27,31). The van der Waals surface area contributed by atoms with Crippen LogP contribution in [0, 0.1) is 0 Å². The Balaban J connectivity index is 1.49. The van der Waals surface area contributed by atoms with E-state index in [1.807, 2.05) is 83.4 Å². The lowest BCUT2D eigenvalue weighted by molar-refractivity contribution is -0.113. The number of carbonyl (C=O) groups is 1. The number of carbonyl (C=O) groups excluding carboxylic acids is 1. The van der Waals surface area contributed by atoms with Crippen molar-refractivity contribution in [1.82, 2.24) is 14.8 Å². The van der Waals surface area contributed by atoms with Crippen molar-refractivity contribution in [1.29, 1.82) is 0 Å². The molecule has 4 rings (SSSR count). The number of thioether (sulfide) groups is 1. The molecule has 0 aliphatic rings. The lowest BCUT2D eigenvalue weighted by Gasteiger charge is -2.12. The number of rotatable bonds is 9. The molecule has 166 valence electrons. The molecule has 1 heterocycles. The minimum absolute atomic E-state index is 0.112. The smallest absolute Gasteiger partial charge is 0.234 e. The molecule has 6 nitrogen and oxygen atoms in total. The van der Waals surface area contributed by atoms with Gasteiger partial charge in [0.1, 0.15) is 5.75 Å². The van der Waals surface area contributed by atoms with E-state index in [9.17, 15) is 4.79 Å². The van der Waals surface area contributed by atoms with Crippen LogP contribution < -0.4 is 10.1 Å². The van der Waals surface area contributed by atoms with E-state index in [4.69, 9.17) is 4.74 Å². The number of amides is 1. The minimum atomic E-state index is -0.112. The van der Waals surface area contributed by atoms with E-state index in [1.165, 1.54) is 11.8 Å². The van der Waals surface area contributed by atoms with Gasteiger partial charge in [0.2, 0.25) is 5.91 Å². The summed E-state index contributed by atoms with van der Waals surface area (Å²) in [7, 11) is 1.63. The molecule has 4 aromatic rings. The zero-order chi connectivity index (χ0) is 23.0. The van der Waals surface area contributed by atoms with E-state index in [-0.39, 0.29) is 11.7 Å². The number of methoxy groups -OCH3 is 1. The Morgan fingerprint density at radius 1 is 1.03 bits per heavy atom. The summed E-state index contributed by atoms with van der Waals surface area (Å²) in [6.45, 7) is 4.37. The molecule has 7 heteroatoms. The number of nitrogens with one attached hydrogen (secondary N) is 1. The topological polar surface area (TPSA) is 69.0 Å². The van der Waals surface area contributed by atoms with Crippen LogP contribution in [0.4, 0.5) is 5.69 Å². The highest BCUT2D eigenvalue weighted by atomic mass is 32.2. The van der Waals surface area contributed by atoms with Gasteiger partial charge in [-0.15, -0.1) is 16.8 Å². The molecule has 1 N–H and O–H groups in total. The number of allylic oxidation sites excluding steroid dienone is 1. The molecular formula is C26H24N4O2S. The molecular weight excluding hydrogens is 432 g/mol. The summed E-state index contributed by atoms with van der Waals surface area (Å²) in [6.07, 6.45) is 1.78. The SMILES string of the molecule is C=CCn1c(SCC(=O)Nc2ccccc2-c2ccccc2)nnc1-c1cccc(OC)c1. The molecule has 0 aliphatic carbocycles. The average Bonchev–Trinajstić information content (AvgIpc) is 3.26. The maximum atomic E-state index is 12.8. The molecule has 0 radical (unpaired) electrons. The van der Waals surface area contributed by atoms with Crippen LogP contribution in [0.3, 0.4) is 0 Å². The molecule has 0 atom stereocenters. The van der Waals surface area contributed by atoms with Crippen molar-refractivity contribution in [2.75, 3.05) is 18.2 Å². The Morgan fingerprint density at radius 2 is 1.79 bits per heavy atom. The zero-order valence-corrected chi connectivity index (χ0v) is 19.1. The second-order valence-corrected chi connectivity index (χ2v) is 8.13. The number of nitrogens with zero attached hydrogens (tertiary/aromatic N) is 3. The van der Waals surface area contributed by atoms with Crippen molar-refractivity contribution >= 4 is 23.4 Å². The van der Waals surface area contributed by atoms with Crippen molar-refractivity contribution in [3.63, 3.8) is 0 Å². The van der Waals surface area contributed by atoms with Gasteiger partial charge >= 0.3 is 0 Å². The first-order valence-electron chi connectivity index (χ1n) is 10.4. The zero-order valence-electron chi connectivity index (χ0n) is 18.3. The fourth-order valence-electron chi connectivity index (χ4n) is 3.44. The molecule has 0 spiro atoms. The summed E-state index contributed by atoms with van der Waals surface area (Å²) in [5, 5.41) is 12.4. The number of ether oxygens (including phenoxy) is 1. The Bertz CT molecular complexity index is 1250. The lowest BCUT2D eigenvalue weighted by Crippen LogP contribution is -2.15. The first-order valence-corrected chi connectivity index (χ1v) is 11.4. The number of anilines is 1. The maximum absolute atomic E-state index is 12.8. The summed E-state index contributed by atoms with van der Waals surface area (Å²) in [6, 6.07) is 25.4. The molecule has 0 unspecified atom stereocenters. The van der Waals surface area contributed by atoms with Gasteiger partial charge in [0, 0.05) is 23.4 Å². The first-order chi connectivity index (χ1) is 16.2. The first kappa shape index (κ1) is 22.4. The van der Waals surface area contributed by atoms with Crippen LogP contribution in [0.2, 0.25) is 0 Å². The summed E-state index contributed by atoms with van der Waals surface area (Å²) >= 11 is 1.34. The predicted molar refractivity (Wildman–Crippen MR) is 133 cm³/mol. The minimum Gasteiger partial charge on any atom is -0.497 e. The number of hydrogen-bond acceptors (Lipinski definition) is 5. The molecule has 0 aliphatic heterocycles. The number of aromatic nitrogens is 3. The Kier molecular flexibility index (Phi) is 7.22. The van der Waals surface area contributed by atoms with E-state index in [1.54, 1.807) is 13.2 Å². The quantitative estimate of drug-likeness (QED) is 0.265. The van der Waals surface area contributed by atoms with Crippen LogP contribution in [0.1, 0.15) is 0 Å². The summed E-state index contributed by atoms with van der Waals surface area (Å²) in [5.41, 5.74) is 3.69. The molecule has 0 saturated carbocycles. The van der Waals surface area contributed by atoms with Crippen molar-refractivity contribution < 1.29 is 9.53 Å². The van der Waals surface area contributed by atoms with Crippen LogP contribution in [0.15, 0.2) is 96.7 Å². The summed E-state index contributed by atoms with van der Waals surface area (Å²) in [4.78, 5) is 12.8.